The van der Waals surface area contributed by atoms with E-state index in [-0.39, 0.29) is 5.82 Å². The van der Waals surface area contributed by atoms with E-state index in [0.29, 0.717) is 12.1 Å². The number of hydrogen-bond donors (Lipinski definition) is 0. The van der Waals surface area contributed by atoms with E-state index in [2.05, 4.69) is 4.98 Å². The van der Waals surface area contributed by atoms with Gasteiger partial charge in [0.25, 0.3) is 0 Å². The van der Waals surface area contributed by atoms with Gasteiger partial charge in [-0.1, -0.05) is 30.3 Å². The molecule has 0 unspecified atom stereocenters. The van der Waals surface area contributed by atoms with Crippen LogP contribution < -0.4 is 0 Å². The van der Waals surface area contributed by atoms with Crippen molar-refractivity contribution in [1.29, 1.82) is 0 Å². The molecule has 4 rings (SSSR count). The molecule has 0 aliphatic carbocycles. The van der Waals surface area contributed by atoms with Crippen LogP contribution in [0.25, 0.3) is 23.2 Å². The molecule has 0 radical (unpaired) electrons. The van der Waals surface area contributed by atoms with Gasteiger partial charge in [0.2, 0.25) is 0 Å². The van der Waals surface area contributed by atoms with Crippen molar-refractivity contribution in [2.24, 2.45) is 0 Å². The van der Waals surface area contributed by atoms with E-state index in [1.807, 2.05) is 59.2 Å². The van der Waals surface area contributed by atoms with Crippen molar-refractivity contribution >= 4 is 23.2 Å². The van der Waals surface area contributed by atoms with Crippen LogP contribution in [0, 0.1) is 5.82 Å². The largest absolute Gasteiger partial charge is 0.465 e. The van der Waals surface area contributed by atoms with Crippen LogP contribution in [0.3, 0.4) is 0 Å². The molecule has 0 saturated heterocycles. The molecule has 0 atom stereocenters. The average molecular weight is 318 g/mol. The summed E-state index contributed by atoms with van der Waals surface area (Å²) in [7, 11) is 0. The van der Waals surface area contributed by atoms with Gasteiger partial charge in [-0.15, -0.1) is 0 Å². The number of furan rings is 1. The smallest absolute Gasteiger partial charge is 0.134 e. The van der Waals surface area contributed by atoms with Gasteiger partial charge in [-0.05, 0) is 42.5 Å². The van der Waals surface area contributed by atoms with Crippen molar-refractivity contribution in [3.8, 4) is 0 Å². The van der Waals surface area contributed by atoms with E-state index in [9.17, 15) is 4.39 Å². The fourth-order valence-corrected chi connectivity index (χ4v) is 2.73. The fourth-order valence-electron chi connectivity index (χ4n) is 2.73. The summed E-state index contributed by atoms with van der Waals surface area (Å²) >= 11 is 0. The highest BCUT2D eigenvalue weighted by Gasteiger charge is 2.10. The number of imidazole rings is 1. The molecule has 0 saturated carbocycles. The Morgan fingerprint density at radius 1 is 0.958 bits per heavy atom. The van der Waals surface area contributed by atoms with Gasteiger partial charge in [0.15, 0.2) is 0 Å². The molecule has 0 amide bonds. The summed E-state index contributed by atoms with van der Waals surface area (Å²) in [6, 6.07) is 18.4. The van der Waals surface area contributed by atoms with Gasteiger partial charge in [0.05, 0.1) is 23.8 Å². The first-order valence-electron chi connectivity index (χ1n) is 7.71. The summed E-state index contributed by atoms with van der Waals surface area (Å²) in [5, 5.41) is 0. The van der Waals surface area contributed by atoms with Crippen LogP contribution in [-0.4, -0.2) is 9.55 Å². The molecule has 4 heteroatoms. The van der Waals surface area contributed by atoms with Crippen molar-refractivity contribution in [3.63, 3.8) is 0 Å². The number of hydrogen-bond acceptors (Lipinski definition) is 2. The Balaban J connectivity index is 1.80. The van der Waals surface area contributed by atoms with E-state index in [0.717, 1.165) is 22.6 Å². The molecule has 0 aliphatic heterocycles. The molecule has 2 aromatic heterocycles. The lowest BCUT2D eigenvalue weighted by molar-refractivity contribution is 0.557. The maximum absolute atomic E-state index is 14.1. The van der Waals surface area contributed by atoms with Crippen molar-refractivity contribution in [1.82, 2.24) is 9.55 Å². The Labute approximate surface area is 138 Å². The van der Waals surface area contributed by atoms with Crippen LogP contribution in [0.2, 0.25) is 0 Å². The first-order valence-corrected chi connectivity index (χ1v) is 7.71. The number of halogens is 1. The number of nitrogens with zero attached hydrogens (tertiary/aromatic N) is 2. The molecule has 0 bridgehead atoms. The maximum atomic E-state index is 14.1. The Morgan fingerprint density at radius 2 is 1.79 bits per heavy atom. The molecule has 118 valence electrons. The minimum absolute atomic E-state index is 0.212. The molecular formula is C20H15FN2O. The van der Waals surface area contributed by atoms with Gasteiger partial charge in [0, 0.05) is 5.56 Å². The highest BCUT2D eigenvalue weighted by atomic mass is 19.1. The second kappa shape index (κ2) is 6.16. The van der Waals surface area contributed by atoms with Crippen molar-refractivity contribution in [2.45, 2.75) is 6.54 Å². The first-order chi connectivity index (χ1) is 11.8. The molecule has 0 aliphatic rings. The molecule has 0 spiro atoms. The van der Waals surface area contributed by atoms with Crippen LogP contribution in [0.15, 0.2) is 71.3 Å². The van der Waals surface area contributed by atoms with E-state index < -0.39 is 0 Å². The van der Waals surface area contributed by atoms with Crippen LogP contribution >= 0.6 is 0 Å². The number of aromatic nitrogens is 2. The predicted molar refractivity (Wildman–Crippen MR) is 92.9 cm³/mol. The number of para-hydroxylation sites is 2. The predicted octanol–water partition coefficient (Wildman–Crippen LogP) is 4.99. The summed E-state index contributed by atoms with van der Waals surface area (Å²) in [5.41, 5.74) is 2.49. The maximum Gasteiger partial charge on any atom is 0.134 e. The Kier molecular flexibility index (Phi) is 3.71. The number of fused-ring (bicyclic) bond motifs is 1. The van der Waals surface area contributed by atoms with Crippen LogP contribution in [-0.2, 0) is 6.54 Å². The van der Waals surface area contributed by atoms with Gasteiger partial charge in [-0.2, -0.15) is 0 Å². The standard InChI is InChI=1S/C20H15FN2O/c21-17-8-2-1-6-15(17)14-23-19-10-4-3-9-18(19)22-20(23)12-11-16-7-5-13-24-16/h1-13H,14H2/b12-11+. The van der Waals surface area contributed by atoms with Crippen molar-refractivity contribution < 1.29 is 8.81 Å². The summed E-state index contributed by atoms with van der Waals surface area (Å²) in [6.45, 7) is 0.422. The third-order valence-electron chi connectivity index (χ3n) is 3.91. The summed E-state index contributed by atoms with van der Waals surface area (Å²) in [4.78, 5) is 4.65. The molecule has 0 fully saturated rings. The van der Waals surface area contributed by atoms with Gasteiger partial charge >= 0.3 is 0 Å². The molecule has 2 aromatic carbocycles. The van der Waals surface area contributed by atoms with Gasteiger partial charge in [0.1, 0.15) is 17.4 Å². The minimum atomic E-state index is -0.212. The topological polar surface area (TPSA) is 31.0 Å². The highest BCUT2D eigenvalue weighted by Crippen LogP contribution is 2.20. The number of benzene rings is 2. The van der Waals surface area contributed by atoms with E-state index in [1.54, 1.807) is 18.4 Å². The normalized spacial score (nSPS) is 11.5. The van der Waals surface area contributed by atoms with Gasteiger partial charge < -0.3 is 8.98 Å². The molecular weight excluding hydrogens is 303 g/mol. The zero-order valence-corrected chi connectivity index (χ0v) is 12.9. The van der Waals surface area contributed by atoms with Crippen molar-refractivity contribution in [2.75, 3.05) is 0 Å². The summed E-state index contributed by atoms with van der Waals surface area (Å²) < 4.78 is 21.4. The highest BCUT2D eigenvalue weighted by molar-refractivity contribution is 5.79. The Hall–Kier alpha value is -3.14. The summed E-state index contributed by atoms with van der Waals surface area (Å²) in [6.07, 6.45) is 5.38. The van der Waals surface area contributed by atoms with Gasteiger partial charge in [-0.25, -0.2) is 9.37 Å². The molecule has 2 heterocycles. The second-order valence-corrected chi connectivity index (χ2v) is 5.49. The van der Waals surface area contributed by atoms with E-state index >= 15 is 0 Å². The van der Waals surface area contributed by atoms with Crippen molar-refractivity contribution in [3.05, 3.63) is 89.9 Å². The van der Waals surface area contributed by atoms with Crippen LogP contribution in [0.5, 0.6) is 0 Å². The minimum Gasteiger partial charge on any atom is -0.465 e. The fraction of sp³-hybridized carbons (Fsp3) is 0.0500. The lowest BCUT2D eigenvalue weighted by Gasteiger charge is -2.08. The Morgan fingerprint density at radius 3 is 2.62 bits per heavy atom. The third-order valence-corrected chi connectivity index (χ3v) is 3.91. The third kappa shape index (κ3) is 2.74. The average Bonchev–Trinajstić information content (AvgIpc) is 3.23. The summed E-state index contributed by atoms with van der Waals surface area (Å²) in [5.74, 6) is 1.30. The quantitative estimate of drug-likeness (QED) is 0.531. The SMILES string of the molecule is Fc1ccccc1Cn1c(/C=C/c2ccco2)nc2ccccc21. The number of rotatable bonds is 4. The van der Waals surface area contributed by atoms with Crippen LogP contribution in [0.1, 0.15) is 17.1 Å². The lowest BCUT2D eigenvalue weighted by Crippen LogP contribution is -2.04. The zero-order chi connectivity index (χ0) is 16.4. The molecule has 0 N–H and O–H groups in total. The Bertz CT molecular complexity index is 1000. The first kappa shape index (κ1) is 14.5. The van der Waals surface area contributed by atoms with E-state index in [1.165, 1.54) is 6.07 Å². The molecule has 4 aromatic rings. The molecule has 3 nitrogen and oxygen atoms in total. The monoisotopic (exact) mass is 318 g/mol. The molecule has 24 heavy (non-hydrogen) atoms. The van der Waals surface area contributed by atoms with E-state index in [4.69, 9.17) is 4.42 Å². The van der Waals surface area contributed by atoms with Gasteiger partial charge in [-0.3, -0.25) is 0 Å². The second-order valence-electron chi connectivity index (χ2n) is 5.49. The zero-order valence-electron chi connectivity index (χ0n) is 12.9. The van der Waals surface area contributed by atoms with Crippen LogP contribution in [0.4, 0.5) is 4.39 Å². The lowest BCUT2D eigenvalue weighted by atomic mass is 10.2.